The van der Waals surface area contributed by atoms with Crippen molar-refractivity contribution in [2.45, 2.75) is 64.1 Å². The number of benzene rings is 2. The molecule has 1 atom stereocenters. The summed E-state index contributed by atoms with van der Waals surface area (Å²) in [7, 11) is 0. The maximum atomic E-state index is 13.3. The number of carbonyl (C=O) groups excluding carboxylic acids is 2. The second-order valence-electron chi connectivity index (χ2n) is 8.21. The lowest BCUT2D eigenvalue weighted by atomic mass is 9.95. The molecule has 32 heavy (non-hydrogen) atoms. The predicted molar refractivity (Wildman–Crippen MR) is 132 cm³/mol. The van der Waals surface area contributed by atoms with Gasteiger partial charge in [-0.1, -0.05) is 77.8 Å². The molecule has 0 unspecified atom stereocenters. The Hall–Kier alpha value is -1.46. The van der Waals surface area contributed by atoms with Gasteiger partial charge in [0, 0.05) is 12.6 Å². The Morgan fingerprint density at radius 1 is 0.906 bits per heavy atom. The third kappa shape index (κ3) is 6.77. The maximum absolute atomic E-state index is 13.3. The number of nitrogens with zero attached hydrogens (tertiary/aromatic N) is 1. The molecule has 0 heterocycles. The molecule has 1 N–H and O–H groups in total. The topological polar surface area (TPSA) is 49.4 Å². The van der Waals surface area contributed by atoms with Crippen LogP contribution in [-0.2, 0) is 22.6 Å². The Morgan fingerprint density at radius 3 is 2.06 bits per heavy atom. The van der Waals surface area contributed by atoms with Crippen molar-refractivity contribution in [3.63, 3.8) is 0 Å². The van der Waals surface area contributed by atoms with Crippen LogP contribution >= 0.6 is 46.4 Å². The summed E-state index contributed by atoms with van der Waals surface area (Å²) in [6.07, 6.45) is 5.48. The maximum Gasteiger partial charge on any atom is 0.242 e. The summed E-state index contributed by atoms with van der Waals surface area (Å²) >= 11 is 24.3. The van der Waals surface area contributed by atoms with E-state index in [0.717, 1.165) is 36.8 Å². The van der Waals surface area contributed by atoms with Gasteiger partial charge in [0.15, 0.2) is 0 Å². The lowest BCUT2D eigenvalue weighted by Crippen LogP contribution is -2.50. The summed E-state index contributed by atoms with van der Waals surface area (Å²) in [5.41, 5.74) is 1.52. The first-order chi connectivity index (χ1) is 15.2. The van der Waals surface area contributed by atoms with E-state index in [1.807, 2.05) is 0 Å². The minimum atomic E-state index is -0.651. The highest BCUT2D eigenvalue weighted by molar-refractivity contribution is 6.42. The summed E-state index contributed by atoms with van der Waals surface area (Å²) in [5, 5.41) is 4.77. The van der Waals surface area contributed by atoms with Gasteiger partial charge >= 0.3 is 0 Å². The summed E-state index contributed by atoms with van der Waals surface area (Å²) in [4.78, 5) is 27.9. The number of hydrogen-bond acceptors (Lipinski definition) is 2. The molecule has 1 fully saturated rings. The quantitative estimate of drug-likeness (QED) is 0.445. The lowest BCUT2D eigenvalue weighted by Gasteiger charge is -2.31. The predicted octanol–water partition coefficient (Wildman–Crippen LogP) is 6.71. The van der Waals surface area contributed by atoms with Gasteiger partial charge in [-0.15, -0.1) is 0 Å². The van der Waals surface area contributed by atoms with Gasteiger partial charge in [-0.2, -0.15) is 0 Å². The third-order valence-corrected chi connectivity index (χ3v) is 7.27. The second kappa shape index (κ2) is 11.6. The third-order valence-electron chi connectivity index (χ3n) is 5.80. The molecule has 3 rings (SSSR count). The number of halogens is 4. The molecule has 8 heteroatoms. The van der Waals surface area contributed by atoms with Gasteiger partial charge < -0.3 is 10.2 Å². The Morgan fingerprint density at radius 2 is 1.47 bits per heavy atom. The molecule has 4 nitrogen and oxygen atoms in total. The van der Waals surface area contributed by atoms with Crippen molar-refractivity contribution in [2.75, 3.05) is 0 Å². The van der Waals surface area contributed by atoms with Crippen molar-refractivity contribution >= 4 is 58.2 Å². The number of amides is 2. The first-order valence-corrected chi connectivity index (χ1v) is 12.2. The number of nitrogens with one attached hydrogen (secondary N) is 1. The Balaban J connectivity index is 1.79. The average Bonchev–Trinajstić information content (AvgIpc) is 2.77. The molecule has 0 aliphatic heterocycles. The normalized spacial score (nSPS) is 15.3. The van der Waals surface area contributed by atoms with Gasteiger partial charge in [-0.3, -0.25) is 9.59 Å². The summed E-state index contributed by atoms with van der Waals surface area (Å²) in [6, 6.07) is 9.82. The van der Waals surface area contributed by atoms with Crippen LogP contribution in [-0.4, -0.2) is 28.8 Å². The standard InChI is InChI=1S/C24H26Cl4N2O2/c1-15(24(32)29-18-5-3-2-4-6-18)30(14-17-8-10-20(26)22(28)12-17)23(31)13-16-7-9-19(25)21(27)11-16/h7-12,15,18H,2-6,13-14H2,1H3,(H,29,32)/t15-/m0/s1. The van der Waals surface area contributed by atoms with E-state index < -0.39 is 6.04 Å². The number of carbonyl (C=O) groups is 2. The molecule has 2 amide bonds. The molecular formula is C24H26Cl4N2O2. The van der Waals surface area contributed by atoms with E-state index >= 15 is 0 Å². The van der Waals surface area contributed by atoms with Crippen molar-refractivity contribution in [3.8, 4) is 0 Å². The van der Waals surface area contributed by atoms with Crippen LogP contribution < -0.4 is 5.32 Å². The molecule has 1 aliphatic carbocycles. The molecular weight excluding hydrogens is 490 g/mol. The van der Waals surface area contributed by atoms with E-state index in [1.54, 1.807) is 48.2 Å². The summed E-state index contributed by atoms with van der Waals surface area (Å²) in [5.74, 6) is -0.347. The van der Waals surface area contributed by atoms with E-state index in [9.17, 15) is 9.59 Å². The average molecular weight is 516 g/mol. The van der Waals surface area contributed by atoms with Gasteiger partial charge in [-0.05, 0) is 55.2 Å². The fourth-order valence-corrected chi connectivity index (χ4v) is 4.55. The van der Waals surface area contributed by atoms with E-state index in [2.05, 4.69) is 5.32 Å². The van der Waals surface area contributed by atoms with Crippen LogP contribution in [0.2, 0.25) is 20.1 Å². The molecule has 0 saturated heterocycles. The second-order valence-corrected chi connectivity index (χ2v) is 9.84. The van der Waals surface area contributed by atoms with Crippen molar-refractivity contribution in [2.24, 2.45) is 0 Å². The first-order valence-electron chi connectivity index (χ1n) is 10.7. The SMILES string of the molecule is C[C@@H](C(=O)NC1CCCCC1)N(Cc1ccc(Cl)c(Cl)c1)C(=O)Cc1ccc(Cl)c(Cl)c1. The van der Waals surface area contributed by atoms with Crippen LogP contribution in [0.1, 0.15) is 50.2 Å². The molecule has 0 aromatic heterocycles. The smallest absolute Gasteiger partial charge is 0.242 e. The van der Waals surface area contributed by atoms with Crippen LogP contribution in [0.25, 0.3) is 0 Å². The first kappa shape index (κ1) is 25.2. The lowest BCUT2D eigenvalue weighted by molar-refractivity contribution is -0.140. The number of hydrogen-bond donors (Lipinski definition) is 1. The van der Waals surface area contributed by atoms with E-state index in [4.69, 9.17) is 46.4 Å². The fraction of sp³-hybridized carbons (Fsp3) is 0.417. The zero-order chi connectivity index (χ0) is 23.3. The fourth-order valence-electron chi connectivity index (χ4n) is 3.91. The Bertz CT molecular complexity index is 976. The Labute approximate surface area is 209 Å². The highest BCUT2D eigenvalue weighted by atomic mass is 35.5. The largest absolute Gasteiger partial charge is 0.352 e. The highest BCUT2D eigenvalue weighted by Gasteiger charge is 2.28. The highest BCUT2D eigenvalue weighted by Crippen LogP contribution is 2.26. The van der Waals surface area contributed by atoms with Crippen LogP contribution in [0.5, 0.6) is 0 Å². The molecule has 0 radical (unpaired) electrons. The van der Waals surface area contributed by atoms with E-state index in [-0.39, 0.29) is 30.8 Å². The van der Waals surface area contributed by atoms with Crippen molar-refractivity contribution in [1.82, 2.24) is 10.2 Å². The van der Waals surface area contributed by atoms with Gasteiger partial charge in [0.2, 0.25) is 11.8 Å². The zero-order valence-electron chi connectivity index (χ0n) is 17.8. The summed E-state index contributed by atoms with van der Waals surface area (Å²) in [6.45, 7) is 1.98. The zero-order valence-corrected chi connectivity index (χ0v) is 20.9. The summed E-state index contributed by atoms with van der Waals surface area (Å²) < 4.78 is 0. The molecule has 2 aromatic carbocycles. The van der Waals surface area contributed by atoms with Crippen molar-refractivity contribution in [3.05, 3.63) is 67.6 Å². The van der Waals surface area contributed by atoms with Crippen molar-refractivity contribution < 1.29 is 9.59 Å². The van der Waals surface area contributed by atoms with Crippen LogP contribution in [0.4, 0.5) is 0 Å². The molecule has 1 saturated carbocycles. The molecule has 172 valence electrons. The van der Waals surface area contributed by atoms with E-state index in [1.165, 1.54) is 6.42 Å². The molecule has 0 spiro atoms. The Kier molecular flexibility index (Phi) is 9.13. The molecule has 2 aromatic rings. The minimum absolute atomic E-state index is 0.0965. The van der Waals surface area contributed by atoms with E-state index in [0.29, 0.717) is 20.1 Å². The van der Waals surface area contributed by atoms with Gasteiger partial charge in [0.25, 0.3) is 0 Å². The van der Waals surface area contributed by atoms with Gasteiger partial charge in [0.05, 0.1) is 26.5 Å². The number of rotatable bonds is 7. The van der Waals surface area contributed by atoms with Crippen LogP contribution in [0, 0.1) is 0 Å². The minimum Gasteiger partial charge on any atom is -0.352 e. The monoisotopic (exact) mass is 514 g/mol. The van der Waals surface area contributed by atoms with Gasteiger partial charge in [-0.25, -0.2) is 0 Å². The van der Waals surface area contributed by atoms with Crippen LogP contribution in [0.3, 0.4) is 0 Å². The van der Waals surface area contributed by atoms with Gasteiger partial charge in [0.1, 0.15) is 6.04 Å². The molecule has 1 aliphatic rings. The molecule has 0 bridgehead atoms. The van der Waals surface area contributed by atoms with Crippen molar-refractivity contribution in [1.29, 1.82) is 0 Å². The van der Waals surface area contributed by atoms with Crippen LogP contribution in [0.15, 0.2) is 36.4 Å².